The lowest BCUT2D eigenvalue weighted by molar-refractivity contribution is 0.179. The van der Waals surface area contributed by atoms with Crippen LogP contribution < -0.4 is 15.2 Å². The van der Waals surface area contributed by atoms with Crippen LogP contribution in [0.4, 0.5) is 4.39 Å². The van der Waals surface area contributed by atoms with Crippen molar-refractivity contribution in [3.8, 4) is 11.5 Å². The molecule has 1 aromatic rings. The zero-order valence-electron chi connectivity index (χ0n) is 8.96. The normalized spacial score (nSPS) is 12.4. The summed E-state index contributed by atoms with van der Waals surface area (Å²) < 4.78 is 23.8. The van der Waals surface area contributed by atoms with E-state index in [1.54, 1.807) is 0 Å². The van der Waals surface area contributed by atoms with Crippen molar-refractivity contribution in [3.05, 3.63) is 21.9 Å². The van der Waals surface area contributed by atoms with Crippen LogP contribution >= 0.6 is 15.9 Å². The molecule has 0 aromatic heterocycles. The number of methoxy groups -OCH3 is 2. The predicted molar refractivity (Wildman–Crippen MR) is 61.2 cm³/mol. The molecule has 0 spiro atoms. The van der Waals surface area contributed by atoms with Crippen molar-refractivity contribution in [2.24, 2.45) is 5.73 Å². The van der Waals surface area contributed by atoms with E-state index in [0.29, 0.717) is 10.0 Å². The lowest BCUT2D eigenvalue weighted by atomic mass is 10.1. The number of hydrogen-bond donors (Lipinski definition) is 2. The topological polar surface area (TPSA) is 64.7 Å². The first-order valence-electron chi connectivity index (χ1n) is 4.54. The van der Waals surface area contributed by atoms with E-state index in [1.165, 1.54) is 20.3 Å². The quantitative estimate of drug-likeness (QED) is 0.885. The Kier molecular flexibility index (Phi) is 4.52. The van der Waals surface area contributed by atoms with Gasteiger partial charge in [0.15, 0.2) is 17.3 Å². The molecule has 90 valence electrons. The second-order valence-corrected chi connectivity index (χ2v) is 3.93. The minimum atomic E-state index is -0.946. The number of rotatable bonds is 4. The third kappa shape index (κ3) is 2.28. The smallest absolute Gasteiger partial charge is 0.197 e. The van der Waals surface area contributed by atoms with Crippen molar-refractivity contribution < 1.29 is 19.0 Å². The molecule has 4 nitrogen and oxygen atoms in total. The summed E-state index contributed by atoms with van der Waals surface area (Å²) >= 11 is 3.15. The van der Waals surface area contributed by atoms with Crippen LogP contribution in [-0.4, -0.2) is 25.9 Å². The van der Waals surface area contributed by atoms with Crippen LogP contribution in [0.2, 0.25) is 0 Å². The Morgan fingerprint density at radius 1 is 1.44 bits per heavy atom. The highest BCUT2D eigenvalue weighted by molar-refractivity contribution is 9.10. The zero-order chi connectivity index (χ0) is 12.3. The Morgan fingerprint density at radius 3 is 2.44 bits per heavy atom. The average Bonchev–Trinajstić information content (AvgIpc) is 2.27. The molecule has 1 aromatic carbocycles. The van der Waals surface area contributed by atoms with Crippen LogP contribution in [0.3, 0.4) is 0 Å². The fraction of sp³-hybridized carbons (Fsp3) is 0.400. The molecule has 0 aliphatic carbocycles. The Morgan fingerprint density at radius 2 is 2.00 bits per heavy atom. The molecule has 0 bridgehead atoms. The van der Waals surface area contributed by atoms with Crippen LogP contribution in [0.5, 0.6) is 11.5 Å². The highest BCUT2D eigenvalue weighted by Gasteiger charge is 2.23. The van der Waals surface area contributed by atoms with Crippen molar-refractivity contribution >= 4 is 15.9 Å². The van der Waals surface area contributed by atoms with Crippen molar-refractivity contribution in [2.75, 3.05) is 20.8 Å². The SMILES string of the molecule is COc1c(F)cc(Br)c(C(O)CN)c1OC. The minimum Gasteiger partial charge on any atom is -0.492 e. The van der Waals surface area contributed by atoms with E-state index in [4.69, 9.17) is 15.2 Å². The molecule has 0 saturated carbocycles. The average molecular weight is 294 g/mol. The van der Waals surface area contributed by atoms with Crippen LogP contribution in [0.1, 0.15) is 11.7 Å². The van der Waals surface area contributed by atoms with Crippen LogP contribution in [0.25, 0.3) is 0 Å². The molecule has 0 amide bonds. The predicted octanol–water partition coefficient (Wildman–Crippen LogP) is 1.60. The maximum atomic E-state index is 13.5. The summed E-state index contributed by atoms with van der Waals surface area (Å²) in [5, 5.41) is 9.72. The summed E-state index contributed by atoms with van der Waals surface area (Å²) in [6.07, 6.45) is -0.946. The molecule has 0 heterocycles. The summed E-state index contributed by atoms with van der Waals surface area (Å²) in [5.41, 5.74) is 5.74. The Bertz CT molecular complexity index is 387. The molecule has 0 aliphatic heterocycles. The van der Waals surface area contributed by atoms with Gasteiger partial charge in [0.25, 0.3) is 0 Å². The van der Waals surface area contributed by atoms with Gasteiger partial charge in [-0.3, -0.25) is 0 Å². The van der Waals surface area contributed by atoms with Gasteiger partial charge in [-0.25, -0.2) is 4.39 Å². The van der Waals surface area contributed by atoms with Crippen LogP contribution in [0, 0.1) is 5.82 Å². The summed E-state index contributed by atoms with van der Waals surface area (Å²) in [6, 6.07) is 1.20. The minimum absolute atomic E-state index is 0.00372. The Balaban J connectivity index is 3.45. The third-order valence-corrected chi connectivity index (χ3v) is 2.80. The number of ether oxygens (including phenoxy) is 2. The van der Waals surface area contributed by atoms with Gasteiger partial charge in [0, 0.05) is 16.6 Å². The monoisotopic (exact) mass is 293 g/mol. The summed E-state index contributed by atoms with van der Waals surface area (Å²) in [6.45, 7) is 0.00372. The number of nitrogens with two attached hydrogens (primary N) is 1. The van der Waals surface area contributed by atoms with Gasteiger partial charge in [-0.05, 0) is 6.07 Å². The molecule has 1 rings (SSSR count). The van der Waals surface area contributed by atoms with E-state index in [2.05, 4.69) is 15.9 Å². The first-order chi connectivity index (χ1) is 7.56. The van der Waals surface area contributed by atoms with Gasteiger partial charge in [0.2, 0.25) is 0 Å². The molecular formula is C10H13BrFNO3. The highest BCUT2D eigenvalue weighted by Crippen LogP contribution is 2.41. The Hall–Kier alpha value is -0.850. The standard InChI is InChI=1S/C10H13BrFNO3/c1-15-9-6(12)3-5(11)8(7(14)4-13)10(9)16-2/h3,7,14H,4,13H2,1-2H3. The van der Waals surface area contributed by atoms with E-state index < -0.39 is 11.9 Å². The highest BCUT2D eigenvalue weighted by atomic mass is 79.9. The molecule has 0 radical (unpaired) electrons. The number of hydrogen-bond acceptors (Lipinski definition) is 4. The fourth-order valence-electron chi connectivity index (χ4n) is 1.41. The van der Waals surface area contributed by atoms with Crippen molar-refractivity contribution in [2.45, 2.75) is 6.10 Å². The Labute approximate surface area is 101 Å². The fourth-order valence-corrected chi connectivity index (χ4v) is 2.06. The first-order valence-corrected chi connectivity index (χ1v) is 5.34. The first kappa shape index (κ1) is 13.2. The lowest BCUT2D eigenvalue weighted by Gasteiger charge is -2.18. The summed E-state index contributed by atoms with van der Waals surface area (Å²) in [4.78, 5) is 0. The summed E-state index contributed by atoms with van der Waals surface area (Å²) in [5.74, 6) is -0.472. The lowest BCUT2D eigenvalue weighted by Crippen LogP contribution is -2.14. The maximum Gasteiger partial charge on any atom is 0.197 e. The maximum absolute atomic E-state index is 13.5. The van der Waals surface area contributed by atoms with Gasteiger partial charge in [-0.2, -0.15) is 0 Å². The van der Waals surface area contributed by atoms with Gasteiger partial charge in [-0.15, -0.1) is 0 Å². The molecule has 0 saturated heterocycles. The number of aliphatic hydroxyl groups is 1. The van der Waals surface area contributed by atoms with E-state index in [9.17, 15) is 9.50 Å². The number of benzene rings is 1. The second-order valence-electron chi connectivity index (χ2n) is 3.07. The molecule has 16 heavy (non-hydrogen) atoms. The van der Waals surface area contributed by atoms with Crippen LogP contribution in [-0.2, 0) is 0 Å². The van der Waals surface area contributed by atoms with Crippen molar-refractivity contribution in [1.82, 2.24) is 0 Å². The molecule has 1 atom stereocenters. The van der Waals surface area contributed by atoms with Gasteiger partial charge >= 0.3 is 0 Å². The molecule has 3 N–H and O–H groups in total. The number of aliphatic hydroxyl groups excluding tert-OH is 1. The van der Waals surface area contributed by atoms with E-state index in [0.717, 1.165) is 0 Å². The molecule has 0 aliphatic rings. The molecule has 0 fully saturated rings. The third-order valence-electron chi connectivity index (χ3n) is 2.14. The van der Waals surface area contributed by atoms with Gasteiger partial charge < -0.3 is 20.3 Å². The second kappa shape index (κ2) is 5.47. The van der Waals surface area contributed by atoms with E-state index in [-0.39, 0.29) is 18.0 Å². The zero-order valence-corrected chi connectivity index (χ0v) is 10.5. The van der Waals surface area contributed by atoms with E-state index >= 15 is 0 Å². The summed E-state index contributed by atoms with van der Waals surface area (Å²) in [7, 11) is 2.70. The van der Waals surface area contributed by atoms with Gasteiger partial charge in [0.05, 0.1) is 20.3 Å². The van der Waals surface area contributed by atoms with Crippen molar-refractivity contribution in [1.29, 1.82) is 0 Å². The van der Waals surface area contributed by atoms with Gasteiger partial charge in [0.1, 0.15) is 0 Å². The molecule has 1 unspecified atom stereocenters. The molecule has 6 heteroatoms. The van der Waals surface area contributed by atoms with E-state index in [1.807, 2.05) is 0 Å². The molecular weight excluding hydrogens is 281 g/mol. The number of halogens is 2. The largest absolute Gasteiger partial charge is 0.492 e. The van der Waals surface area contributed by atoms with Crippen LogP contribution in [0.15, 0.2) is 10.5 Å². The van der Waals surface area contributed by atoms with Crippen molar-refractivity contribution in [3.63, 3.8) is 0 Å². The van der Waals surface area contributed by atoms with Gasteiger partial charge in [-0.1, -0.05) is 15.9 Å².